The lowest BCUT2D eigenvalue weighted by Gasteiger charge is -2.28. The molecular weight excluding hydrogens is 404 g/mol. The first-order valence-corrected chi connectivity index (χ1v) is 10.5. The van der Waals surface area contributed by atoms with Crippen molar-refractivity contribution >= 4 is 23.2 Å². The van der Waals surface area contributed by atoms with Crippen LogP contribution in [0.1, 0.15) is 16.8 Å². The van der Waals surface area contributed by atoms with Gasteiger partial charge in [-0.1, -0.05) is 12.1 Å². The third kappa shape index (κ3) is 5.39. The molecule has 32 heavy (non-hydrogen) atoms. The molecule has 1 saturated heterocycles. The molecule has 2 N–H and O–H groups in total. The lowest BCUT2D eigenvalue weighted by molar-refractivity contribution is 0.0954. The van der Waals surface area contributed by atoms with Gasteiger partial charge in [-0.2, -0.15) is 5.26 Å². The van der Waals surface area contributed by atoms with Gasteiger partial charge < -0.3 is 20.3 Å². The van der Waals surface area contributed by atoms with Crippen molar-refractivity contribution in [3.8, 4) is 17.3 Å². The van der Waals surface area contributed by atoms with E-state index in [-0.39, 0.29) is 12.3 Å². The summed E-state index contributed by atoms with van der Waals surface area (Å²) in [5.74, 6) is 0.303. The van der Waals surface area contributed by atoms with Gasteiger partial charge in [0.15, 0.2) is 0 Å². The summed E-state index contributed by atoms with van der Waals surface area (Å²) in [6, 6.07) is 19.2. The van der Waals surface area contributed by atoms with Crippen LogP contribution in [0.15, 0.2) is 60.8 Å². The van der Waals surface area contributed by atoms with E-state index < -0.39 is 0 Å². The zero-order valence-corrected chi connectivity index (χ0v) is 17.6. The lowest BCUT2D eigenvalue weighted by Crippen LogP contribution is -2.36. The van der Waals surface area contributed by atoms with Crippen LogP contribution in [0.25, 0.3) is 11.3 Å². The van der Waals surface area contributed by atoms with Crippen LogP contribution in [-0.4, -0.2) is 48.7 Å². The standard InChI is InChI=1S/C24H24N6O2/c25-11-1-12-26-23(31)19-4-2-18(3-5-19)22-10-13-27-24(29-22)28-20-6-8-21(9-7-20)30-14-16-32-17-15-30/h2-10,13H,1,12,14-17H2,(H,26,31)(H,27,28,29). The molecule has 0 radical (unpaired) electrons. The number of anilines is 3. The Hall–Kier alpha value is -3.96. The number of rotatable bonds is 7. The molecule has 0 bridgehead atoms. The van der Waals surface area contributed by atoms with Gasteiger partial charge in [0.1, 0.15) is 0 Å². The average Bonchev–Trinajstić information content (AvgIpc) is 2.85. The quantitative estimate of drug-likeness (QED) is 0.556. The van der Waals surface area contributed by atoms with Gasteiger partial charge in [-0.3, -0.25) is 4.79 Å². The van der Waals surface area contributed by atoms with E-state index in [1.165, 1.54) is 5.69 Å². The Bertz CT molecular complexity index is 1090. The van der Waals surface area contributed by atoms with Gasteiger partial charge in [-0.05, 0) is 42.5 Å². The molecule has 162 valence electrons. The number of hydrogen-bond acceptors (Lipinski definition) is 7. The van der Waals surface area contributed by atoms with Crippen molar-refractivity contribution < 1.29 is 9.53 Å². The van der Waals surface area contributed by atoms with Gasteiger partial charge in [-0.25, -0.2) is 9.97 Å². The normalized spacial score (nSPS) is 13.3. The molecule has 8 nitrogen and oxygen atoms in total. The second-order valence-electron chi connectivity index (χ2n) is 7.28. The minimum atomic E-state index is -0.197. The Labute approximate surface area is 186 Å². The van der Waals surface area contributed by atoms with Gasteiger partial charge >= 0.3 is 0 Å². The average molecular weight is 428 g/mol. The predicted octanol–water partition coefficient (Wildman–Crippen LogP) is 3.37. The molecule has 0 aliphatic carbocycles. The van der Waals surface area contributed by atoms with Crippen molar-refractivity contribution in [2.75, 3.05) is 43.1 Å². The van der Waals surface area contributed by atoms with E-state index in [4.69, 9.17) is 10.00 Å². The van der Waals surface area contributed by atoms with E-state index >= 15 is 0 Å². The molecular formula is C24H24N6O2. The van der Waals surface area contributed by atoms with Crippen LogP contribution in [0.2, 0.25) is 0 Å². The van der Waals surface area contributed by atoms with E-state index in [2.05, 4.69) is 37.6 Å². The minimum absolute atomic E-state index is 0.197. The van der Waals surface area contributed by atoms with Crippen molar-refractivity contribution in [2.24, 2.45) is 0 Å². The third-order valence-corrected chi connectivity index (χ3v) is 5.12. The zero-order valence-electron chi connectivity index (χ0n) is 17.6. The number of nitrogens with one attached hydrogen (secondary N) is 2. The molecule has 1 amide bonds. The maximum atomic E-state index is 12.1. The van der Waals surface area contributed by atoms with Crippen LogP contribution in [0.4, 0.5) is 17.3 Å². The van der Waals surface area contributed by atoms with Crippen LogP contribution >= 0.6 is 0 Å². The third-order valence-electron chi connectivity index (χ3n) is 5.12. The molecule has 0 atom stereocenters. The first-order valence-electron chi connectivity index (χ1n) is 10.5. The molecule has 4 rings (SSSR count). The maximum Gasteiger partial charge on any atom is 0.251 e. The SMILES string of the molecule is N#CCCNC(=O)c1ccc(-c2ccnc(Nc3ccc(N4CCOCC4)cc3)n2)cc1. The number of carbonyl (C=O) groups excluding carboxylic acids is 1. The Balaban J connectivity index is 1.41. The van der Waals surface area contributed by atoms with Crippen LogP contribution in [0.3, 0.4) is 0 Å². The molecule has 0 spiro atoms. The first kappa shape index (κ1) is 21.3. The second-order valence-corrected chi connectivity index (χ2v) is 7.28. The van der Waals surface area contributed by atoms with Crippen molar-refractivity contribution in [3.63, 3.8) is 0 Å². The summed E-state index contributed by atoms with van der Waals surface area (Å²) in [4.78, 5) is 23.3. The van der Waals surface area contributed by atoms with Crippen LogP contribution < -0.4 is 15.5 Å². The van der Waals surface area contributed by atoms with E-state index in [9.17, 15) is 4.79 Å². The first-order chi connectivity index (χ1) is 15.7. The lowest BCUT2D eigenvalue weighted by atomic mass is 10.1. The van der Waals surface area contributed by atoms with Gasteiger partial charge in [0.2, 0.25) is 5.95 Å². The Morgan fingerprint density at radius 1 is 1.06 bits per heavy atom. The van der Waals surface area contributed by atoms with Crippen molar-refractivity contribution in [3.05, 3.63) is 66.4 Å². The van der Waals surface area contributed by atoms with Crippen LogP contribution in [0, 0.1) is 11.3 Å². The zero-order chi connectivity index (χ0) is 22.2. The number of hydrogen-bond donors (Lipinski definition) is 2. The van der Waals surface area contributed by atoms with Crippen LogP contribution in [0.5, 0.6) is 0 Å². The summed E-state index contributed by atoms with van der Waals surface area (Å²) in [6.07, 6.45) is 1.99. The molecule has 3 aromatic rings. The fourth-order valence-corrected chi connectivity index (χ4v) is 3.41. The summed E-state index contributed by atoms with van der Waals surface area (Å²) in [5.41, 5.74) is 4.25. The highest BCUT2D eigenvalue weighted by molar-refractivity contribution is 5.94. The topological polar surface area (TPSA) is 103 Å². The van der Waals surface area contributed by atoms with E-state index in [1.54, 1.807) is 18.3 Å². The summed E-state index contributed by atoms with van der Waals surface area (Å²) in [7, 11) is 0. The number of benzene rings is 2. The number of amides is 1. The summed E-state index contributed by atoms with van der Waals surface area (Å²) in [6.45, 7) is 3.66. The summed E-state index contributed by atoms with van der Waals surface area (Å²) >= 11 is 0. The molecule has 2 heterocycles. The van der Waals surface area contributed by atoms with Crippen molar-refractivity contribution in [1.29, 1.82) is 5.26 Å². The summed E-state index contributed by atoms with van der Waals surface area (Å²) < 4.78 is 5.41. The molecule has 0 unspecified atom stereocenters. The molecule has 8 heteroatoms. The van der Waals surface area contributed by atoms with Gasteiger partial charge in [-0.15, -0.1) is 0 Å². The highest BCUT2D eigenvalue weighted by Crippen LogP contribution is 2.23. The van der Waals surface area contributed by atoms with E-state index in [1.807, 2.05) is 36.4 Å². The van der Waals surface area contributed by atoms with Crippen LogP contribution in [-0.2, 0) is 4.74 Å². The monoisotopic (exact) mass is 428 g/mol. The maximum absolute atomic E-state index is 12.1. The van der Waals surface area contributed by atoms with Crippen molar-refractivity contribution in [2.45, 2.75) is 6.42 Å². The molecule has 1 aliphatic heterocycles. The largest absolute Gasteiger partial charge is 0.378 e. The predicted molar refractivity (Wildman–Crippen MR) is 123 cm³/mol. The number of ether oxygens (including phenoxy) is 1. The molecule has 2 aromatic carbocycles. The van der Waals surface area contributed by atoms with E-state index in [0.29, 0.717) is 18.1 Å². The van der Waals surface area contributed by atoms with Gasteiger partial charge in [0, 0.05) is 48.3 Å². The second kappa shape index (κ2) is 10.4. The fraction of sp³-hybridized carbons (Fsp3) is 0.250. The molecule has 0 saturated carbocycles. The minimum Gasteiger partial charge on any atom is -0.378 e. The van der Waals surface area contributed by atoms with Gasteiger partial charge in [0.25, 0.3) is 5.91 Å². The fourth-order valence-electron chi connectivity index (χ4n) is 3.41. The van der Waals surface area contributed by atoms with Gasteiger partial charge in [0.05, 0.1) is 31.4 Å². The summed E-state index contributed by atoms with van der Waals surface area (Å²) in [5, 5.41) is 14.5. The number of aromatic nitrogens is 2. The Kier molecular flexibility index (Phi) is 6.90. The Morgan fingerprint density at radius 3 is 2.53 bits per heavy atom. The Morgan fingerprint density at radius 2 is 1.81 bits per heavy atom. The molecule has 1 aromatic heterocycles. The van der Waals surface area contributed by atoms with Crippen molar-refractivity contribution in [1.82, 2.24) is 15.3 Å². The highest BCUT2D eigenvalue weighted by Gasteiger charge is 2.11. The molecule has 1 fully saturated rings. The number of carbonyl (C=O) groups is 1. The number of morpholine rings is 1. The molecule has 1 aliphatic rings. The number of nitriles is 1. The van der Waals surface area contributed by atoms with E-state index in [0.717, 1.165) is 43.2 Å². The highest BCUT2D eigenvalue weighted by atomic mass is 16.5. The number of nitrogens with zero attached hydrogens (tertiary/aromatic N) is 4. The smallest absolute Gasteiger partial charge is 0.251 e.